The van der Waals surface area contributed by atoms with Gasteiger partial charge in [0.25, 0.3) is 0 Å². The quantitative estimate of drug-likeness (QED) is 0.504. The molecule has 0 rings (SSSR count). The second kappa shape index (κ2) is 3.44. The first-order valence-corrected chi connectivity index (χ1v) is 2.85. The summed E-state index contributed by atoms with van der Waals surface area (Å²) in [7, 11) is 0. The van der Waals surface area contributed by atoms with Gasteiger partial charge >= 0.3 is 6.18 Å². The lowest BCUT2D eigenvalue weighted by atomic mass is 10.2. The fourth-order valence-corrected chi connectivity index (χ4v) is 0.335. The zero-order valence-corrected chi connectivity index (χ0v) is 5.87. The highest BCUT2D eigenvalue weighted by atomic mass is 19.4. The molecule has 0 aliphatic carbocycles. The Balaban J connectivity index is 4.20. The number of rotatable bonds is 1. The molecular weight excluding hydrogens is 141 g/mol. The maximum absolute atomic E-state index is 11.7. The molecule has 0 saturated heterocycles. The molecule has 0 bridgehead atoms. The van der Waals surface area contributed by atoms with E-state index in [0.717, 1.165) is 13.0 Å². The fourth-order valence-electron chi connectivity index (χ4n) is 0.335. The van der Waals surface area contributed by atoms with Gasteiger partial charge in [-0.25, -0.2) is 0 Å². The Labute approximate surface area is 58.0 Å². The van der Waals surface area contributed by atoms with Crippen molar-refractivity contribution < 1.29 is 13.2 Å². The van der Waals surface area contributed by atoms with Gasteiger partial charge in [-0.05, 0) is 13.8 Å². The van der Waals surface area contributed by atoms with Gasteiger partial charge < -0.3 is 0 Å². The predicted octanol–water partition coefficient (Wildman–Crippen LogP) is 3.07. The fraction of sp³-hybridized carbons (Fsp3) is 0.429. The van der Waals surface area contributed by atoms with Crippen LogP contribution in [0.2, 0.25) is 0 Å². The summed E-state index contributed by atoms with van der Waals surface area (Å²) in [6.45, 7) is 2.71. The molecule has 0 unspecified atom stereocenters. The first-order chi connectivity index (χ1) is 4.48. The Hall–Kier alpha value is -0.730. The van der Waals surface area contributed by atoms with Crippen LogP contribution in [-0.4, -0.2) is 6.18 Å². The lowest BCUT2D eigenvalue weighted by Crippen LogP contribution is -2.08. The summed E-state index contributed by atoms with van der Waals surface area (Å²) in [5, 5.41) is 0. The van der Waals surface area contributed by atoms with Crippen molar-refractivity contribution in [3.05, 3.63) is 23.8 Å². The summed E-state index contributed by atoms with van der Waals surface area (Å²) in [6.07, 6.45) is -0.225. The third kappa shape index (κ3) is 3.33. The maximum Gasteiger partial charge on any atom is 0.412 e. The molecule has 10 heavy (non-hydrogen) atoms. The Morgan fingerprint density at radius 3 is 2.10 bits per heavy atom. The average molecular weight is 150 g/mol. The van der Waals surface area contributed by atoms with E-state index in [4.69, 9.17) is 0 Å². The molecule has 0 aliphatic rings. The van der Waals surface area contributed by atoms with Crippen LogP contribution in [0.4, 0.5) is 13.2 Å². The molecule has 0 aromatic heterocycles. The van der Waals surface area contributed by atoms with E-state index in [1.807, 2.05) is 0 Å². The van der Waals surface area contributed by atoms with Gasteiger partial charge in [-0.15, -0.1) is 0 Å². The third-order valence-corrected chi connectivity index (χ3v) is 0.986. The standard InChI is InChI=1S/C7H9F3/c1-3-4-5-6(2)7(8,9)10/h3-5H,1-2H3/b4-3+,6-5+. The minimum atomic E-state index is -4.18. The molecule has 58 valence electrons. The van der Waals surface area contributed by atoms with E-state index in [-0.39, 0.29) is 0 Å². The van der Waals surface area contributed by atoms with E-state index in [9.17, 15) is 13.2 Å². The molecule has 0 spiro atoms. The van der Waals surface area contributed by atoms with Gasteiger partial charge in [0.1, 0.15) is 0 Å². The summed E-state index contributed by atoms with van der Waals surface area (Å²) >= 11 is 0. The number of allylic oxidation sites excluding steroid dienone is 4. The SMILES string of the molecule is C/C=C/C=C(\C)C(F)(F)F. The molecule has 0 nitrogen and oxygen atoms in total. The van der Waals surface area contributed by atoms with E-state index < -0.39 is 11.7 Å². The van der Waals surface area contributed by atoms with Gasteiger partial charge in [0.2, 0.25) is 0 Å². The van der Waals surface area contributed by atoms with Crippen molar-refractivity contribution in [2.24, 2.45) is 0 Å². The van der Waals surface area contributed by atoms with Crippen LogP contribution in [0.3, 0.4) is 0 Å². The van der Waals surface area contributed by atoms with Gasteiger partial charge in [-0.2, -0.15) is 13.2 Å². The van der Waals surface area contributed by atoms with Crippen LogP contribution in [0.1, 0.15) is 13.8 Å². The van der Waals surface area contributed by atoms with Crippen molar-refractivity contribution in [1.29, 1.82) is 0 Å². The smallest absolute Gasteiger partial charge is 0.166 e. The second-order valence-corrected chi connectivity index (χ2v) is 1.87. The van der Waals surface area contributed by atoms with Gasteiger partial charge in [-0.1, -0.05) is 18.2 Å². The van der Waals surface area contributed by atoms with Crippen LogP contribution in [0.25, 0.3) is 0 Å². The highest BCUT2D eigenvalue weighted by molar-refractivity contribution is 5.13. The van der Waals surface area contributed by atoms with Gasteiger partial charge in [0.15, 0.2) is 0 Å². The van der Waals surface area contributed by atoms with Crippen molar-refractivity contribution in [3.63, 3.8) is 0 Å². The van der Waals surface area contributed by atoms with Gasteiger partial charge in [-0.3, -0.25) is 0 Å². The molecule has 0 aliphatic heterocycles. The molecular formula is C7H9F3. The minimum Gasteiger partial charge on any atom is -0.166 e. The molecule has 0 fully saturated rings. The Kier molecular flexibility index (Phi) is 3.19. The average Bonchev–Trinajstić information content (AvgIpc) is 1.80. The van der Waals surface area contributed by atoms with Crippen molar-refractivity contribution in [3.8, 4) is 0 Å². The zero-order chi connectivity index (χ0) is 8.20. The van der Waals surface area contributed by atoms with Crippen molar-refractivity contribution in [2.45, 2.75) is 20.0 Å². The van der Waals surface area contributed by atoms with Gasteiger partial charge in [0, 0.05) is 5.57 Å². The summed E-state index contributed by atoms with van der Waals surface area (Å²) in [5.41, 5.74) is -0.578. The first kappa shape index (κ1) is 9.27. The molecule has 0 radical (unpaired) electrons. The topological polar surface area (TPSA) is 0 Å². The van der Waals surface area contributed by atoms with Crippen LogP contribution in [0.15, 0.2) is 23.8 Å². The van der Waals surface area contributed by atoms with E-state index in [0.29, 0.717) is 0 Å². The first-order valence-electron chi connectivity index (χ1n) is 2.85. The normalized spacial score (nSPS) is 14.7. The Morgan fingerprint density at radius 2 is 1.80 bits per heavy atom. The third-order valence-electron chi connectivity index (χ3n) is 0.986. The number of halogens is 3. The summed E-state index contributed by atoms with van der Waals surface area (Å²) in [4.78, 5) is 0. The summed E-state index contributed by atoms with van der Waals surface area (Å²) in [6, 6.07) is 0. The van der Waals surface area contributed by atoms with E-state index in [1.165, 1.54) is 6.08 Å². The number of hydrogen-bond donors (Lipinski definition) is 0. The van der Waals surface area contributed by atoms with Crippen molar-refractivity contribution in [2.75, 3.05) is 0 Å². The van der Waals surface area contributed by atoms with E-state index in [1.54, 1.807) is 13.0 Å². The monoisotopic (exact) mass is 150 g/mol. The van der Waals surface area contributed by atoms with Crippen molar-refractivity contribution >= 4 is 0 Å². The van der Waals surface area contributed by atoms with Crippen LogP contribution < -0.4 is 0 Å². The molecule has 0 N–H and O–H groups in total. The molecule has 0 aromatic carbocycles. The van der Waals surface area contributed by atoms with Crippen LogP contribution >= 0.6 is 0 Å². The predicted molar refractivity (Wildman–Crippen MR) is 34.6 cm³/mol. The molecule has 0 amide bonds. The summed E-state index contributed by atoms with van der Waals surface area (Å²) < 4.78 is 35.0. The van der Waals surface area contributed by atoms with Crippen LogP contribution in [0.5, 0.6) is 0 Å². The molecule has 0 atom stereocenters. The Morgan fingerprint density at radius 1 is 1.30 bits per heavy atom. The van der Waals surface area contributed by atoms with Crippen LogP contribution in [-0.2, 0) is 0 Å². The van der Waals surface area contributed by atoms with E-state index in [2.05, 4.69) is 0 Å². The molecule has 0 heterocycles. The Bertz CT molecular complexity index is 151. The molecule has 0 aromatic rings. The molecule has 0 saturated carbocycles. The highest BCUT2D eigenvalue weighted by Crippen LogP contribution is 2.24. The highest BCUT2D eigenvalue weighted by Gasteiger charge is 2.28. The molecule has 3 heteroatoms. The van der Waals surface area contributed by atoms with Gasteiger partial charge in [0.05, 0.1) is 0 Å². The lowest BCUT2D eigenvalue weighted by Gasteiger charge is -2.03. The largest absolute Gasteiger partial charge is 0.412 e. The van der Waals surface area contributed by atoms with Crippen LogP contribution in [0, 0.1) is 0 Å². The van der Waals surface area contributed by atoms with E-state index >= 15 is 0 Å². The van der Waals surface area contributed by atoms with Crippen molar-refractivity contribution in [1.82, 2.24) is 0 Å². The number of hydrogen-bond acceptors (Lipinski definition) is 0. The summed E-state index contributed by atoms with van der Waals surface area (Å²) in [5.74, 6) is 0. The second-order valence-electron chi connectivity index (χ2n) is 1.87. The maximum atomic E-state index is 11.7. The zero-order valence-electron chi connectivity index (χ0n) is 5.87. The number of alkyl halides is 3. The minimum absolute atomic E-state index is 0.578. The lowest BCUT2D eigenvalue weighted by molar-refractivity contribution is -0.0912.